The molecule has 0 aliphatic rings. The minimum atomic E-state index is -1.61. The van der Waals surface area contributed by atoms with Crippen molar-refractivity contribution in [3.63, 3.8) is 0 Å². The summed E-state index contributed by atoms with van der Waals surface area (Å²) in [5, 5.41) is 28.3. The molecule has 3 aromatic rings. The molecular weight excluding hydrogens is 891 g/mol. The number of hydrogen-bond donors (Lipinski definition) is 11. The maximum absolute atomic E-state index is 14.6. The van der Waals surface area contributed by atoms with Crippen molar-refractivity contribution < 1.29 is 48.3 Å². The van der Waals surface area contributed by atoms with E-state index in [1.165, 1.54) is 19.4 Å². The van der Waals surface area contributed by atoms with Crippen LogP contribution >= 0.6 is 0 Å². The number of benzene rings is 2. The number of carboxylic acid groups (broad SMARTS) is 1. The van der Waals surface area contributed by atoms with Crippen molar-refractivity contribution in [2.75, 3.05) is 6.54 Å². The van der Waals surface area contributed by atoms with E-state index in [0.717, 1.165) is 0 Å². The van der Waals surface area contributed by atoms with Crippen LogP contribution in [0.2, 0.25) is 0 Å². The Morgan fingerprint density at radius 2 is 1.04 bits per heavy atom. The number of unbranched alkanes of at least 4 members (excludes halogenated alkanes) is 1. The summed E-state index contributed by atoms with van der Waals surface area (Å²) in [6, 6.07) is 8.21. The topological polar surface area (TPSA) is 339 Å². The van der Waals surface area contributed by atoms with Crippen LogP contribution in [-0.2, 0) is 62.4 Å². The lowest BCUT2D eigenvalue weighted by atomic mass is 9.97. The fourth-order valence-electron chi connectivity index (χ4n) is 7.32. The van der Waals surface area contributed by atoms with Gasteiger partial charge in [-0.2, -0.15) is 0 Å². The van der Waals surface area contributed by atoms with E-state index in [1.807, 2.05) is 6.92 Å². The molecule has 69 heavy (non-hydrogen) atoms. The first-order valence-corrected chi connectivity index (χ1v) is 23.2. The van der Waals surface area contributed by atoms with Crippen LogP contribution in [0.1, 0.15) is 90.0 Å². The van der Waals surface area contributed by atoms with Crippen LogP contribution in [0.25, 0.3) is 0 Å². The third kappa shape index (κ3) is 19.2. The highest BCUT2D eigenvalue weighted by Crippen LogP contribution is 2.13. The van der Waals surface area contributed by atoms with Crippen molar-refractivity contribution in [1.82, 2.24) is 47.2 Å². The van der Waals surface area contributed by atoms with Crippen molar-refractivity contribution in [1.29, 1.82) is 0 Å². The Hall–Kier alpha value is -7.16. The molecule has 0 radical (unpaired) electrons. The molecule has 9 atom stereocenters. The normalized spacial score (nSPS) is 14.9. The van der Waals surface area contributed by atoms with E-state index in [9.17, 15) is 48.3 Å². The largest absolute Gasteiger partial charge is 0.480 e. The number of primary amides is 1. The molecule has 0 saturated heterocycles. The van der Waals surface area contributed by atoms with E-state index < -0.39 is 108 Å². The Labute approximate surface area is 402 Å². The first-order valence-electron chi connectivity index (χ1n) is 23.2. The van der Waals surface area contributed by atoms with E-state index in [1.54, 1.807) is 81.4 Å². The van der Waals surface area contributed by atoms with Gasteiger partial charge >= 0.3 is 5.97 Å². The second kappa shape index (κ2) is 28.9. The van der Waals surface area contributed by atoms with Crippen LogP contribution in [-0.4, -0.2) is 117 Å². The number of nitrogens with zero attached hydrogens (tertiary/aromatic N) is 1. The summed E-state index contributed by atoms with van der Waals surface area (Å²) >= 11 is 0. The summed E-state index contributed by atoms with van der Waals surface area (Å²) in [5.41, 5.74) is 12.9. The van der Waals surface area contributed by atoms with Gasteiger partial charge < -0.3 is 58.8 Å². The number of H-pyrrole nitrogens is 1. The number of aromatic amines is 1. The number of nitrogens with one attached hydrogen (secondary N) is 8. The van der Waals surface area contributed by atoms with Crippen molar-refractivity contribution in [3.8, 4) is 0 Å². The number of imidazole rings is 1. The van der Waals surface area contributed by atoms with E-state index >= 15 is 0 Å². The Balaban J connectivity index is 2.00. The van der Waals surface area contributed by atoms with Gasteiger partial charge in [0.25, 0.3) is 0 Å². The molecule has 2 aromatic carbocycles. The minimum absolute atomic E-state index is 0.00621. The summed E-state index contributed by atoms with van der Waals surface area (Å²) in [4.78, 5) is 128. The zero-order valence-electron chi connectivity index (χ0n) is 39.9. The number of aromatic nitrogens is 2. The smallest absolute Gasteiger partial charge is 0.326 e. The third-order valence-corrected chi connectivity index (χ3v) is 11.7. The Morgan fingerprint density at radius 3 is 1.49 bits per heavy atom. The zero-order valence-corrected chi connectivity index (χ0v) is 39.9. The van der Waals surface area contributed by atoms with Crippen molar-refractivity contribution in [3.05, 3.63) is 90.0 Å². The molecule has 0 unspecified atom stereocenters. The van der Waals surface area contributed by atoms with Gasteiger partial charge in [-0.3, -0.25) is 38.4 Å². The van der Waals surface area contributed by atoms with Gasteiger partial charge in [-0.05, 0) is 48.8 Å². The molecule has 0 spiro atoms. The van der Waals surface area contributed by atoms with Crippen molar-refractivity contribution in [2.45, 2.75) is 135 Å². The number of rotatable bonds is 30. The molecule has 0 bridgehead atoms. The first kappa shape index (κ1) is 56.2. The maximum atomic E-state index is 14.6. The molecular formula is C48H69N11O10. The van der Waals surface area contributed by atoms with Crippen LogP contribution in [0, 0.1) is 11.8 Å². The Morgan fingerprint density at radius 1 is 0.594 bits per heavy atom. The second-order valence-electron chi connectivity index (χ2n) is 17.2. The lowest BCUT2D eigenvalue weighted by Crippen LogP contribution is -2.61. The molecule has 0 saturated carbocycles. The van der Waals surface area contributed by atoms with Crippen LogP contribution < -0.4 is 48.7 Å². The van der Waals surface area contributed by atoms with Gasteiger partial charge in [-0.1, -0.05) is 101 Å². The van der Waals surface area contributed by atoms with Gasteiger partial charge in [0.2, 0.25) is 47.3 Å². The van der Waals surface area contributed by atoms with Crippen LogP contribution in [0.4, 0.5) is 0 Å². The quantitative estimate of drug-likeness (QED) is 0.0395. The molecule has 3 rings (SSSR count). The number of hydrogen-bond acceptors (Lipinski definition) is 11. The summed E-state index contributed by atoms with van der Waals surface area (Å²) in [6.07, 6.45) is 3.69. The number of carbonyl (C=O) groups is 9. The van der Waals surface area contributed by atoms with Crippen molar-refractivity contribution >= 4 is 53.2 Å². The predicted octanol–water partition coefficient (Wildman–Crippen LogP) is 0.0323. The average Bonchev–Trinajstić information content (AvgIpc) is 3.84. The Bertz CT molecular complexity index is 2160. The second-order valence-corrected chi connectivity index (χ2v) is 17.2. The highest BCUT2D eigenvalue weighted by molar-refractivity contribution is 5.98. The molecule has 21 heteroatoms. The SMILES string of the molecule is CC[C@H](C)[C@H](NC(=O)[C@H](CC(N)=O)NC(=O)[C@H](CCCCN)NC(=O)[C@H](Cc1ccccc1)NC(=O)[C@H](Cc1ccccc1)NC(=O)[C@H](Cc1cnc[nH]1)NC(=O)[C@@H](NC(C)=O)[C@@H](C)CC)C(=O)O. The lowest BCUT2D eigenvalue weighted by Gasteiger charge is -2.28. The van der Waals surface area contributed by atoms with Crippen LogP contribution in [0.5, 0.6) is 0 Å². The van der Waals surface area contributed by atoms with Crippen LogP contribution in [0.15, 0.2) is 73.2 Å². The molecule has 0 aliphatic heterocycles. The van der Waals surface area contributed by atoms with Crippen LogP contribution in [0.3, 0.4) is 0 Å². The fourth-order valence-corrected chi connectivity index (χ4v) is 7.32. The van der Waals surface area contributed by atoms with E-state index in [4.69, 9.17) is 11.5 Å². The van der Waals surface area contributed by atoms with Gasteiger partial charge in [0.05, 0.1) is 12.7 Å². The molecule has 1 heterocycles. The molecule has 0 fully saturated rings. The van der Waals surface area contributed by atoms with E-state index in [0.29, 0.717) is 42.5 Å². The molecule has 8 amide bonds. The summed E-state index contributed by atoms with van der Waals surface area (Å²) < 4.78 is 0. The first-order chi connectivity index (χ1) is 32.9. The number of amides is 8. The summed E-state index contributed by atoms with van der Waals surface area (Å²) in [5.74, 6) is -8.39. The third-order valence-electron chi connectivity index (χ3n) is 11.7. The molecule has 21 nitrogen and oxygen atoms in total. The monoisotopic (exact) mass is 960 g/mol. The van der Waals surface area contributed by atoms with Gasteiger partial charge in [0, 0.05) is 38.1 Å². The highest BCUT2D eigenvalue weighted by Gasteiger charge is 2.36. The number of carbonyl (C=O) groups excluding carboxylic acids is 8. The molecule has 1 aromatic heterocycles. The maximum Gasteiger partial charge on any atom is 0.326 e. The molecule has 0 aliphatic carbocycles. The Kier molecular flexibility index (Phi) is 23.5. The number of nitrogens with two attached hydrogens (primary N) is 2. The number of aliphatic carboxylic acids is 1. The van der Waals surface area contributed by atoms with E-state index in [2.05, 4.69) is 47.2 Å². The van der Waals surface area contributed by atoms with Gasteiger partial charge in [-0.25, -0.2) is 9.78 Å². The summed E-state index contributed by atoms with van der Waals surface area (Å²) in [6.45, 7) is 8.53. The molecule has 13 N–H and O–H groups in total. The number of carboxylic acids is 1. The fraction of sp³-hybridized carbons (Fsp3) is 0.500. The minimum Gasteiger partial charge on any atom is -0.480 e. The van der Waals surface area contributed by atoms with E-state index in [-0.39, 0.29) is 38.1 Å². The average molecular weight is 960 g/mol. The highest BCUT2D eigenvalue weighted by atomic mass is 16.4. The van der Waals surface area contributed by atoms with Gasteiger partial charge in [0.1, 0.15) is 42.3 Å². The lowest BCUT2D eigenvalue weighted by molar-refractivity contribution is -0.144. The van der Waals surface area contributed by atoms with Crippen molar-refractivity contribution in [2.24, 2.45) is 23.3 Å². The zero-order chi connectivity index (χ0) is 51.0. The summed E-state index contributed by atoms with van der Waals surface area (Å²) in [7, 11) is 0. The van der Waals surface area contributed by atoms with Gasteiger partial charge in [0.15, 0.2) is 0 Å². The van der Waals surface area contributed by atoms with Gasteiger partial charge in [-0.15, -0.1) is 0 Å². The predicted molar refractivity (Wildman–Crippen MR) is 255 cm³/mol. The standard InChI is InChI=1S/C48H69N11O10/c1-6-28(3)40(53-30(5)60)47(67)58-37(24-33-26-51-27-52-33)45(65)56-36(23-32-18-12-9-13-19-32)44(64)55-35(22-31-16-10-8-11-17-31)43(63)54-34(20-14-15-21-49)42(62)57-38(25-39(50)61)46(66)59-41(48(68)69)29(4)7-2/h8-13,16-19,26-29,34-38,40-41H,6-7,14-15,20-25,49H2,1-5H3,(H2,50,61)(H,51,52)(H,53,60)(H,54,63)(H,55,64)(H,56,65)(H,57,62)(H,58,67)(H,59,66)(H,68,69)/t28-,29-,34-,35-,36-,37-,38-,40-,41-/m0/s1. The molecule has 376 valence electrons.